The molecule has 4 heteroatoms. The van der Waals surface area contributed by atoms with E-state index in [-0.39, 0.29) is 6.09 Å². The molecule has 1 rings (SSSR count). The summed E-state index contributed by atoms with van der Waals surface area (Å²) in [5.74, 6) is 0.550. The molecule has 2 N–H and O–H groups in total. The highest BCUT2D eigenvalue weighted by Crippen LogP contribution is 2.19. The van der Waals surface area contributed by atoms with Gasteiger partial charge in [-0.3, -0.25) is 0 Å². The van der Waals surface area contributed by atoms with Crippen molar-refractivity contribution in [3.8, 4) is 0 Å². The molecule has 0 aromatic rings. The van der Waals surface area contributed by atoms with Crippen LogP contribution in [0.1, 0.15) is 47.5 Å². The zero-order valence-electron chi connectivity index (χ0n) is 11.7. The van der Waals surface area contributed by atoms with Gasteiger partial charge in [0.25, 0.3) is 0 Å². The lowest BCUT2D eigenvalue weighted by molar-refractivity contribution is 0.0512. The summed E-state index contributed by atoms with van der Waals surface area (Å²) in [6.07, 6.45) is 1.91. The van der Waals surface area contributed by atoms with Crippen LogP contribution < -0.4 is 10.6 Å². The van der Waals surface area contributed by atoms with Crippen molar-refractivity contribution in [2.75, 3.05) is 6.54 Å². The summed E-state index contributed by atoms with van der Waals surface area (Å²) in [5.41, 5.74) is -0.418. The van der Waals surface area contributed by atoms with E-state index in [1.54, 1.807) is 0 Å². The van der Waals surface area contributed by atoms with Crippen molar-refractivity contribution in [3.05, 3.63) is 0 Å². The average molecular weight is 242 g/mol. The molecule has 0 aromatic heterocycles. The molecule has 4 nitrogen and oxygen atoms in total. The predicted molar refractivity (Wildman–Crippen MR) is 69.0 cm³/mol. The van der Waals surface area contributed by atoms with Crippen molar-refractivity contribution in [2.45, 2.75) is 65.1 Å². The number of ether oxygens (including phenoxy) is 1. The van der Waals surface area contributed by atoms with Crippen LogP contribution in [0.2, 0.25) is 0 Å². The highest BCUT2D eigenvalue weighted by Gasteiger charge is 2.24. The summed E-state index contributed by atoms with van der Waals surface area (Å²) >= 11 is 0. The van der Waals surface area contributed by atoms with Crippen molar-refractivity contribution in [1.29, 1.82) is 0 Å². The molecule has 0 spiro atoms. The molecule has 17 heavy (non-hydrogen) atoms. The Morgan fingerprint density at radius 2 is 1.82 bits per heavy atom. The zero-order chi connectivity index (χ0) is 13.1. The highest BCUT2D eigenvalue weighted by molar-refractivity contribution is 5.67. The Kier molecular flexibility index (Phi) is 4.80. The van der Waals surface area contributed by atoms with Gasteiger partial charge in [0, 0.05) is 18.6 Å². The number of carbonyl (C=O) groups is 1. The van der Waals surface area contributed by atoms with Crippen LogP contribution in [0.5, 0.6) is 0 Å². The van der Waals surface area contributed by atoms with Crippen LogP contribution in [0.4, 0.5) is 4.79 Å². The summed E-state index contributed by atoms with van der Waals surface area (Å²) in [5, 5.41) is 6.35. The maximum atomic E-state index is 11.5. The minimum atomic E-state index is -0.418. The van der Waals surface area contributed by atoms with E-state index >= 15 is 0 Å². The van der Waals surface area contributed by atoms with Crippen molar-refractivity contribution in [2.24, 2.45) is 5.92 Å². The lowest BCUT2D eigenvalue weighted by Crippen LogP contribution is -2.45. The molecule has 1 aliphatic heterocycles. The van der Waals surface area contributed by atoms with Gasteiger partial charge in [0.05, 0.1) is 0 Å². The van der Waals surface area contributed by atoms with E-state index in [1.165, 1.54) is 0 Å². The van der Waals surface area contributed by atoms with Crippen LogP contribution in [0.25, 0.3) is 0 Å². The van der Waals surface area contributed by atoms with Gasteiger partial charge in [-0.25, -0.2) is 4.79 Å². The van der Waals surface area contributed by atoms with Gasteiger partial charge in [-0.1, -0.05) is 0 Å². The van der Waals surface area contributed by atoms with Gasteiger partial charge >= 0.3 is 6.09 Å². The fourth-order valence-corrected chi connectivity index (χ4v) is 2.43. The van der Waals surface area contributed by atoms with E-state index < -0.39 is 5.60 Å². The number of hydrogen-bond acceptors (Lipinski definition) is 3. The first-order valence-corrected chi connectivity index (χ1v) is 6.49. The van der Waals surface area contributed by atoms with Crippen LogP contribution in [-0.2, 0) is 4.74 Å². The Bertz CT molecular complexity index is 251. The number of amides is 1. The van der Waals surface area contributed by atoms with Crippen molar-refractivity contribution >= 4 is 6.09 Å². The third-order valence-corrected chi connectivity index (χ3v) is 2.88. The van der Waals surface area contributed by atoms with Crippen molar-refractivity contribution in [1.82, 2.24) is 10.6 Å². The van der Waals surface area contributed by atoms with Gasteiger partial charge in [-0.2, -0.15) is 0 Å². The zero-order valence-corrected chi connectivity index (χ0v) is 11.7. The van der Waals surface area contributed by atoms with E-state index in [4.69, 9.17) is 4.74 Å². The molecule has 1 fully saturated rings. The van der Waals surface area contributed by atoms with Crippen LogP contribution in [0.15, 0.2) is 0 Å². The number of alkyl carbamates (subject to hydrolysis) is 1. The number of hydrogen-bond donors (Lipinski definition) is 2. The number of piperidine rings is 1. The second-order valence-corrected chi connectivity index (χ2v) is 6.19. The molecule has 0 saturated carbocycles. The quantitative estimate of drug-likeness (QED) is 0.781. The lowest BCUT2D eigenvalue weighted by Gasteiger charge is -2.33. The molecule has 1 heterocycles. The summed E-state index contributed by atoms with van der Waals surface area (Å²) in [4.78, 5) is 11.5. The molecule has 1 unspecified atom stereocenters. The Balaban J connectivity index is 2.28. The summed E-state index contributed by atoms with van der Waals surface area (Å²) < 4.78 is 5.22. The Morgan fingerprint density at radius 3 is 2.29 bits per heavy atom. The normalized spacial score (nSPS) is 29.8. The second-order valence-electron chi connectivity index (χ2n) is 6.19. The van der Waals surface area contributed by atoms with Gasteiger partial charge < -0.3 is 15.4 Å². The van der Waals surface area contributed by atoms with E-state index in [9.17, 15) is 4.79 Å². The maximum absolute atomic E-state index is 11.5. The first-order valence-electron chi connectivity index (χ1n) is 6.49. The number of carbonyl (C=O) groups excluding carboxylic acids is 1. The molecule has 0 aliphatic carbocycles. The standard InChI is InChI=1S/C13H26N2O2/c1-9-6-11(7-10(2)15-9)8-14-12(16)17-13(3,4)5/h9-11,15H,6-8H2,1-5H3,(H,14,16)/t9-,10+,11?. The molecule has 3 atom stereocenters. The van der Waals surface area contributed by atoms with Gasteiger partial charge in [0.1, 0.15) is 5.60 Å². The molecule has 0 bridgehead atoms. The molecular formula is C13H26N2O2. The molecule has 0 radical (unpaired) electrons. The topological polar surface area (TPSA) is 50.4 Å². The largest absolute Gasteiger partial charge is 0.444 e. The van der Waals surface area contributed by atoms with E-state index in [0.717, 1.165) is 12.8 Å². The molecule has 1 saturated heterocycles. The molecular weight excluding hydrogens is 216 g/mol. The molecule has 1 amide bonds. The summed E-state index contributed by atoms with van der Waals surface area (Å²) in [6, 6.07) is 1.06. The minimum absolute atomic E-state index is 0.309. The molecule has 100 valence electrons. The van der Waals surface area contributed by atoms with Crippen LogP contribution in [0.3, 0.4) is 0 Å². The first kappa shape index (κ1) is 14.3. The maximum Gasteiger partial charge on any atom is 0.407 e. The van der Waals surface area contributed by atoms with E-state index in [1.807, 2.05) is 20.8 Å². The average Bonchev–Trinajstić information content (AvgIpc) is 2.10. The first-order chi connectivity index (χ1) is 7.76. The second kappa shape index (κ2) is 5.71. The van der Waals surface area contributed by atoms with Crippen molar-refractivity contribution in [3.63, 3.8) is 0 Å². The SMILES string of the molecule is C[C@@H]1CC(CNC(=O)OC(C)(C)C)C[C@H](C)N1. The predicted octanol–water partition coefficient (Wildman–Crippen LogP) is 2.29. The van der Waals surface area contributed by atoms with E-state index in [0.29, 0.717) is 24.5 Å². The van der Waals surface area contributed by atoms with Crippen molar-refractivity contribution < 1.29 is 9.53 Å². The third kappa shape index (κ3) is 5.91. The molecule has 1 aliphatic rings. The molecule has 0 aromatic carbocycles. The Hall–Kier alpha value is -0.770. The smallest absolute Gasteiger partial charge is 0.407 e. The Labute approximate surface area is 104 Å². The van der Waals surface area contributed by atoms with Gasteiger partial charge in [-0.05, 0) is 53.4 Å². The summed E-state index contributed by atoms with van der Waals surface area (Å²) in [7, 11) is 0. The van der Waals surface area contributed by atoms with E-state index in [2.05, 4.69) is 24.5 Å². The van der Waals surface area contributed by atoms with Crippen LogP contribution in [-0.4, -0.2) is 30.3 Å². The highest BCUT2D eigenvalue weighted by atomic mass is 16.6. The lowest BCUT2D eigenvalue weighted by atomic mass is 9.89. The number of rotatable bonds is 2. The fourth-order valence-electron chi connectivity index (χ4n) is 2.43. The van der Waals surface area contributed by atoms with Gasteiger partial charge in [0.2, 0.25) is 0 Å². The third-order valence-electron chi connectivity index (χ3n) is 2.88. The van der Waals surface area contributed by atoms with Gasteiger partial charge in [-0.15, -0.1) is 0 Å². The monoisotopic (exact) mass is 242 g/mol. The fraction of sp³-hybridized carbons (Fsp3) is 0.923. The van der Waals surface area contributed by atoms with Crippen LogP contribution in [0, 0.1) is 5.92 Å². The minimum Gasteiger partial charge on any atom is -0.444 e. The Morgan fingerprint density at radius 1 is 1.29 bits per heavy atom. The van der Waals surface area contributed by atoms with Gasteiger partial charge in [0.15, 0.2) is 0 Å². The summed E-state index contributed by atoms with van der Waals surface area (Å²) in [6.45, 7) is 10.7. The van der Waals surface area contributed by atoms with Crippen LogP contribution >= 0.6 is 0 Å². The number of nitrogens with one attached hydrogen (secondary N) is 2.